The summed E-state index contributed by atoms with van der Waals surface area (Å²) in [7, 11) is 6.42. The molecule has 548 valence electrons. The van der Waals surface area contributed by atoms with Gasteiger partial charge in [0, 0.05) is 55.3 Å². The van der Waals surface area contributed by atoms with Gasteiger partial charge in [-0.1, -0.05) is 172 Å². The zero-order chi connectivity index (χ0) is 74.9. The first-order valence-electron chi connectivity index (χ1n) is 35.5. The van der Waals surface area contributed by atoms with Crippen LogP contribution >= 0.6 is 0 Å². The Balaban J connectivity index is 0.602. The standard InChI is InChI=1S/C88H82O19/c1-7-63(104-77(91)45-43-75(89)100-51-53-102-85(93)81-73-47-49-87(59-27-35-65(95-3)36-28-59,60-29-37-66(96-4)38-30-60)106-83(73)71-25-17-15-23-69(71)79(81)57-19-11-9-12-20-57)55-99-56-64(8-2)105-78(92)46-44-76(90)101-52-54-103-86(94)82-74-48-50-88(61-31-39-67(97-5)40-32-61,62-33-41-68(98-6)42-34-62)107-84(74)72-26-18-16-24-70(72)80(82)58-21-13-10-14-22-58/h9-42,47-50,63-64H,7-8,43-46,51-56H2,1-6H3. The Kier molecular flexibility index (Phi) is 24.1. The molecule has 0 saturated heterocycles. The smallest absolute Gasteiger partial charge is 0.339 e. The van der Waals surface area contributed by atoms with Crippen molar-refractivity contribution in [2.24, 2.45) is 0 Å². The molecule has 19 nitrogen and oxygen atoms in total. The van der Waals surface area contributed by atoms with Crippen molar-refractivity contribution in [1.29, 1.82) is 0 Å². The second kappa shape index (κ2) is 34.6. The molecule has 0 fully saturated rings. The molecule has 0 saturated carbocycles. The highest BCUT2D eigenvalue weighted by atomic mass is 16.6. The van der Waals surface area contributed by atoms with Crippen molar-refractivity contribution in [2.75, 3.05) is 68.1 Å². The van der Waals surface area contributed by atoms with E-state index >= 15 is 0 Å². The second-order valence-corrected chi connectivity index (χ2v) is 25.4. The number of ether oxygens (including phenoxy) is 13. The summed E-state index contributed by atoms with van der Waals surface area (Å²) in [5, 5.41) is 3.03. The highest BCUT2D eigenvalue weighted by Gasteiger charge is 2.42. The number of carbonyl (C=O) groups excluding carboxylic acids is 6. The van der Waals surface area contributed by atoms with Crippen molar-refractivity contribution in [3.63, 3.8) is 0 Å². The number of hydrogen-bond donors (Lipinski definition) is 0. The third-order valence-corrected chi connectivity index (χ3v) is 18.9. The van der Waals surface area contributed by atoms with E-state index in [2.05, 4.69) is 0 Å². The van der Waals surface area contributed by atoms with Gasteiger partial charge in [-0.2, -0.15) is 0 Å². The molecule has 19 heteroatoms. The monoisotopic (exact) mass is 1440 g/mol. The van der Waals surface area contributed by atoms with Crippen molar-refractivity contribution >= 4 is 69.5 Å². The SMILES string of the molecule is CCC(COCC(CC)OC(=O)CCC(=O)OCCOC(=O)c1c2c(c3ccccc3c1-c1ccccc1)OC(c1ccc(OC)cc1)(c1ccc(OC)cc1)C=C2)OC(=O)CCC(=O)OCCOC(=O)c1c2c(c3ccccc3c1-c1ccccc1)OC(c1ccc(OC)cc1)(c1ccc(OC)cc1)C=C2. The fraction of sp³-hybridized carbons (Fsp3) is 0.250. The Morgan fingerprint density at radius 2 is 0.654 bits per heavy atom. The van der Waals surface area contributed by atoms with Gasteiger partial charge in [0.05, 0.1) is 78.5 Å². The van der Waals surface area contributed by atoms with E-state index < -0.39 is 59.2 Å². The molecular weight excluding hydrogens is 1360 g/mol. The summed E-state index contributed by atoms with van der Waals surface area (Å²) in [6.45, 7) is 2.40. The third kappa shape index (κ3) is 16.7. The van der Waals surface area contributed by atoms with Crippen LogP contribution in [-0.4, -0.2) is 116 Å². The molecule has 0 radical (unpaired) electrons. The van der Waals surface area contributed by atoms with E-state index in [1.165, 1.54) is 0 Å². The van der Waals surface area contributed by atoms with E-state index in [9.17, 15) is 28.8 Å². The summed E-state index contributed by atoms with van der Waals surface area (Å²) in [5.74, 6) is -0.455. The summed E-state index contributed by atoms with van der Waals surface area (Å²) in [6, 6.07) is 65.0. The van der Waals surface area contributed by atoms with Crippen molar-refractivity contribution in [3.8, 4) is 56.8 Å². The molecule has 2 unspecified atom stereocenters. The molecule has 0 aromatic heterocycles. The van der Waals surface area contributed by atoms with Crippen LogP contribution in [-0.2, 0) is 63.5 Å². The maximum absolute atomic E-state index is 14.6. The number of hydrogen-bond acceptors (Lipinski definition) is 19. The second-order valence-electron chi connectivity index (χ2n) is 25.4. The van der Waals surface area contributed by atoms with Gasteiger partial charge < -0.3 is 61.6 Å². The summed E-state index contributed by atoms with van der Waals surface area (Å²) in [6.07, 6.45) is 5.83. The van der Waals surface area contributed by atoms with Crippen LogP contribution in [0.15, 0.2) is 218 Å². The normalized spacial score (nSPS) is 13.4. The molecule has 2 aliphatic rings. The number of methoxy groups -OCH3 is 4. The van der Waals surface area contributed by atoms with E-state index in [1.807, 2.05) is 231 Å². The van der Waals surface area contributed by atoms with Gasteiger partial charge in [-0.05, 0) is 108 Å². The Morgan fingerprint density at radius 3 is 0.972 bits per heavy atom. The lowest BCUT2D eigenvalue weighted by molar-refractivity contribution is -0.160. The number of rotatable bonds is 32. The van der Waals surface area contributed by atoms with Gasteiger partial charge in [0.1, 0.15) is 73.1 Å². The van der Waals surface area contributed by atoms with Gasteiger partial charge in [0.15, 0.2) is 11.2 Å². The van der Waals surface area contributed by atoms with Crippen molar-refractivity contribution in [2.45, 2.75) is 75.8 Å². The van der Waals surface area contributed by atoms with Gasteiger partial charge in [-0.3, -0.25) is 19.2 Å². The van der Waals surface area contributed by atoms with Gasteiger partial charge >= 0.3 is 35.8 Å². The zero-order valence-corrected chi connectivity index (χ0v) is 60.3. The summed E-state index contributed by atoms with van der Waals surface area (Å²) >= 11 is 0. The molecule has 2 heterocycles. The predicted octanol–water partition coefficient (Wildman–Crippen LogP) is 16.4. The van der Waals surface area contributed by atoms with Crippen LogP contribution in [0.3, 0.4) is 0 Å². The van der Waals surface area contributed by atoms with Gasteiger partial charge in [-0.15, -0.1) is 0 Å². The largest absolute Gasteiger partial charge is 0.497 e. The molecule has 12 rings (SSSR count). The molecule has 107 heavy (non-hydrogen) atoms. The maximum Gasteiger partial charge on any atom is 0.339 e. The van der Waals surface area contributed by atoms with E-state index in [0.717, 1.165) is 54.9 Å². The molecule has 2 atom stereocenters. The van der Waals surface area contributed by atoms with Crippen molar-refractivity contribution in [3.05, 3.63) is 263 Å². The summed E-state index contributed by atoms with van der Waals surface area (Å²) < 4.78 is 76.4. The van der Waals surface area contributed by atoms with E-state index in [1.54, 1.807) is 42.3 Å². The van der Waals surface area contributed by atoms with Crippen molar-refractivity contribution < 1.29 is 90.3 Å². The summed E-state index contributed by atoms with van der Waals surface area (Å²) in [5.41, 5.74) is 5.26. The molecule has 0 bridgehead atoms. The zero-order valence-electron chi connectivity index (χ0n) is 60.3. The lowest BCUT2D eigenvalue weighted by Crippen LogP contribution is -2.35. The number of benzene rings is 10. The Labute approximate surface area is 620 Å². The molecule has 10 aromatic rings. The number of carbonyl (C=O) groups is 6. The van der Waals surface area contributed by atoms with Crippen LogP contribution in [0.4, 0.5) is 0 Å². The van der Waals surface area contributed by atoms with Gasteiger partial charge in [0.2, 0.25) is 0 Å². The molecule has 0 amide bonds. The van der Waals surface area contributed by atoms with Crippen LogP contribution < -0.4 is 28.4 Å². The molecule has 10 aromatic carbocycles. The topological polar surface area (TPSA) is 222 Å². The third-order valence-electron chi connectivity index (χ3n) is 18.9. The van der Waals surface area contributed by atoms with Gasteiger partial charge in [0.25, 0.3) is 0 Å². The fourth-order valence-corrected chi connectivity index (χ4v) is 13.3. The van der Waals surface area contributed by atoms with Crippen LogP contribution in [0, 0.1) is 0 Å². The molecule has 2 aliphatic heterocycles. The molecular formula is C88H82O19. The average molecular weight is 1440 g/mol. The van der Waals surface area contributed by atoms with Crippen molar-refractivity contribution in [1.82, 2.24) is 0 Å². The minimum Gasteiger partial charge on any atom is -0.497 e. The molecule has 0 aliphatic carbocycles. The predicted molar refractivity (Wildman–Crippen MR) is 404 cm³/mol. The first-order valence-corrected chi connectivity index (χ1v) is 35.5. The fourth-order valence-electron chi connectivity index (χ4n) is 13.3. The van der Waals surface area contributed by atoms with Crippen LogP contribution in [0.25, 0.3) is 56.0 Å². The minimum absolute atomic E-state index is 0.0270. The van der Waals surface area contributed by atoms with E-state index in [0.29, 0.717) is 69.6 Å². The number of fused-ring (bicyclic) bond motifs is 6. The van der Waals surface area contributed by atoms with Crippen LogP contribution in [0.5, 0.6) is 34.5 Å². The van der Waals surface area contributed by atoms with Crippen LogP contribution in [0.1, 0.15) is 106 Å². The molecule has 0 N–H and O–H groups in total. The lowest BCUT2D eigenvalue weighted by Gasteiger charge is -2.37. The summed E-state index contributed by atoms with van der Waals surface area (Å²) in [4.78, 5) is 81.4. The van der Waals surface area contributed by atoms with E-state index in [4.69, 9.17) is 61.6 Å². The minimum atomic E-state index is -1.15. The Hall–Kier alpha value is -12.2. The van der Waals surface area contributed by atoms with E-state index in [-0.39, 0.29) is 76.5 Å². The maximum atomic E-state index is 14.6. The van der Waals surface area contributed by atoms with Gasteiger partial charge in [-0.25, -0.2) is 9.59 Å². The highest BCUT2D eigenvalue weighted by molar-refractivity contribution is 6.15. The molecule has 0 spiro atoms. The Bertz CT molecular complexity index is 4470. The quantitative estimate of drug-likeness (QED) is 0.0217. The average Bonchev–Trinajstić information content (AvgIpc) is 0.724. The van der Waals surface area contributed by atoms with Crippen LogP contribution in [0.2, 0.25) is 0 Å². The number of esters is 6. The lowest BCUT2D eigenvalue weighted by atomic mass is 9.81. The first kappa shape index (κ1) is 74.5. The highest BCUT2D eigenvalue weighted by Crippen LogP contribution is 2.52. The Morgan fingerprint density at radius 1 is 0.355 bits per heavy atom. The first-order chi connectivity index (χ1) is 52.2.